The number of carbonyl (C=O) groups excluding carboxylic acids is 2. The van der Waals surface area contributed by atoms with Crippen LogP contribution in [0.2, 0.25) is 0 Å². The van der Waals surface area contributed by atoms with Crippen LogP contribution < -0.4 is 5.32 Å². The van der Waals surface area contributed by atoms with E-state index in [9.17, 15) is 19.0 Å². The summed E-state index contributed by atoms with van der Waals surface area (Å²) in [6, 6.07) is -0.860. The molecule has 0 saturated heterocycles. The molecule has 0 spiro atoms. The number of phosphoric acid groups is 1. The largest absolute Gasteiger partial charge is 0.472 e. The summed E-state index contributed by atoms with van der Waals surface area (Å²) < 4.78 is 30.7. The predicted molar refractivity (Wildman–Crippen MR) is 337 cm³/mol. The van der Waals surface area contributed by atoms with Crippen LogP contribution in [0.1, 0.15) is 284 Å². The number of allylic oxidation sites excluding steroid dienone is 13. The van der Waals surface area contributed by atoms with Crippen molar-refractivity contribution in [2.24, 2.45) is 0 Å². The molecule has 10 heteroatoms. The lowest BCUT2D eigenvalue weighted by Crippen LogP contribution is -2.47. The van der Waals surface area contributed by atoms with Gasteiger partial charge in [0, 0.05) is 12.8 Å². The van der Waals surface area contributed by atoms with Gasteiger partial charge in [-0.2, -0.15) is 0 Å². The van der Waals surface area contributed by atoms with Crippen LogP contribution in [-0.2, 0) is 27.9 Å². The Balaban J connectivity index is 5.22. The Morgan fingerprint density at radius 1 is 0.462 bits per heavy atom. The maximum absolute atomic E-state index is 13.6. The number of amides is 1. The number of nitrogens with one attached hydrogen (secondary N) is 1. The van der Waals surface area contributed by atoms with Crippen molar-refractivity contribution in [3.8, 4) is 0 Å². The molecule has 78 heavy (non-hydrogen) atoms. The van der Waals surface area contributed by atoms with Crippen LogP contribution in [0.5, 0.6) is 0 Å². The fourth-order valence-electron chi connectivity index (χ4n) is 9.08. The fourth-order valence-corrected chi connectivity index (χ4v) is 9.82. The molecule has 0 rings (SSSR count). The highest BCUT2D eigenvalue weighted by molar-refractivity contribution is 7.47. The Bertz CT molecular complexity index is 1610. The monoisotopic (exact) mass is 1110 g/mol. The number of likely N-dealkylation sites (N-methyl/N-ethyl adjacent to an activating group) is 1. The molecule has 452 valence electrons. The Labute approximate surface area is 482 Å². The summed E-state index contributed by atoms with van der Waals surface area (Å²) in [4.78, 5) is 37.8. The first-order valence-corrected chi connectivity index (χ1v) is 33.9. The zero-order valence-electron chi connectivity index (χ0n) is 51.6. The van der Waals surface area contributed by atoms with Gasteiger partial charge in [-0.25, -0.2) is 4.57 Å². The number of phosphoric ester groups is 1. The molecule has 0 aromatic carbocycles. The van der Waals surface area contributed by atoms with E-state index >= 15 is 0 Å². The van der Waals surface area contributed by atoms with Crippen molar-refractivity contribution in [3.05, 3.63) is 85.1 Å². The summed E-state index contributed by atoms with van der Waals surface area (Å²) in [7, 11) is 1.48. The normalized spacial score (nSPS) is 14.2. The number of quaternary nitrogens is 1. The van der Waals surface area contributed by atoms with Gasteiger partial charge >= 0.3 is 13.8 Å². The van der Waals surface area contributed by atoms with Gasteiger partial charge in [0.2, 0.25) is 5.91 Å². The lowest BCUT2D eigenvalue weighted by Gasteiger charge is -2.27. The number of hydrogen-bond acceptors (Lipinski definition) is 6. The second-order valence-corrected chi connectivity index (χ2v) is 24.4. The van der Waals surface area contributed by atoms with Crippen molar-refractivity contribution in [3.63, 3.8) is 0 Å². The van der Waals surface area contributed by atoms with E-state index in [4.69, 9.17) is 13.8 Å². The first kappa shape index (κ1) is 75.2. The number of esters is 1. The minimum Gasteiger partial charge on any atom is -0.456 e. The molecule has 0 saturated carbocycles. The summed E-state index contributed by atoms with van der Waals surface area (Å²) in [6.45, 7) is 6.89. The molecule has 0 aromatic rings. The van der Waals surface area contributed by atoms with Gasteiger partial charge in [-0.15, -0.1) is 0 Å². The van der Waals surface area contributed by atoms with Crippen molar-refractivity contribution in [2.75, 3.05) is 40.9 Å². The standard InChI is InChI=1S/C68H123N2O7P/c1-7-10-13-16-19-22-25-28-30-32-33-34-35-36-37-39-40-42-45-48-51-54-57-60-67(71)69-65(64-76-78(73,74)75-63-62-70(4,5)6)66(59-56-53-50-47-44-27-24-21-18-15-12-9-3)77-68(72)61-58-55-52-49-46-43-41-38-31-29-26-23-20-17-14-11-8-2/h10,13,19,22,28-31,33-34,36-37,56,59,65-66H,7-9,11-12,14-18,20-21,23-27,32,35,38-55,57-58,60-64H2,1-6H3,(H-,69,71,73,74)/p+1/b13-10-,22-19-,30-28-,31-29+,34-33-,37-36-,59-56-. The van der Waals surface area contributed by atoms with Gasteiger partial charge in [-0.3, -0.25) is 18.6 Å². The van der Waals surface area contributed by atoms with Gasteiger partial charge in [0.25, 0.3) is 0 Å². The SMILES string of the molecule is CC/C=C\C/C=C\C/C=C\C/C=C\C/C=C\CCCCCCCCCC(=O)NC(COP(=O)(O)OCC[N+](C)(C)C)C(/C=C\CCCCCCCCCCCC)OC(=O)CCCCCCCCC/C=C/CCCCCCCC. The molecule has 0 bridgehead atoms. The van der Waals surface area contributed by atoms with E-state index in [1.807, 2.05) is 33.3 Å². The molecule has 0 aromatic heterocycles. The highest BCUT2D eigenvalue weighted by atomic mass is 31.2. The summed E-state index contributed by atoms with van der Waals surface area (Å²) in [5.74, 6) is -0.521. The highest BCUT2D eigenvalue weighted by Crippen LogP contribution is 2.43. The van der Waals surface area contributed by atoms with Gasteiger partial charge in [0.05, 0.1) is 33.8 Å². The third kappa shape index (κ3) is 57.9. The number of nitrogens with zero attached hydrogens (tertiary/aromatic N) is 1. The first-order valence-electron chi connectivity index (χ1n) is 32.4. The Morgan fingerprint density at radius 2 is 0.821 bits per heavy atom. The molecular weight excluding hydrogens is 988 g/mol. The van der Waals surface area contributed by atoms with Gasteiger partial charge in [-0.1, -0.05) is 254 Å². The molecule has 3 unspecified atom stereocenters. The van der Waals surface area contributed by atoms with Crippen LogP contribution in [0, 0.1) is 0 Å². The maximum atomic E-state index is 13.6. The molecule has 0 radical (unpaired) electrons. The van der Waals surface area contributed by atoms with Crippen LogP contribution >= 0.6 is 7.82 Å². The van der Waals surface area contributed by atoms with Gasteiger partial charge < -0.3 is 19.4 Å². The van der Waals surface area contributed by atoms with Crippen LogP contribution in [0.3, 0.4) is 0 Å². The quantitative estimate of drug-likeness (QED) is 0.0205. The average molecular weight is 1110 g/mol. The molecule has 0 heterocycles. The molecule has 9 nitrogen and oxygen atoms in total. The van der Waals surface area contributed by atoms with E-state index in [2.05, 4.69) is 99.0 Å². The van der Waals surface area contributed by atoms with Gasteiger partial charge in [0.1, 0.15) is 19.3 Å². The zero-order chi connectivity index (χ0) is 57.2. The minimum absolute atomic E-state index is 0.0342. The van der Waals surface area contributed by atoms with Gasteiger partial charge in [0.15, 0.2) is 0 Å². The van der Waals surface area contributed by atoms with E-state index in [-0.39, 0.29) is 31.5 Å². The van der Waals surface area contributed by atoms with Crippen LogP contribution in [0.15, 0.2) is 85.1 Å². The number of hydrogen-bond donors (Lipinski definition) is 2. The molecule has 0 aliphatic heterocycles. The molecule has 1 amide bonds. The van der Waals surface area contributed by atoms with Crippen molar-refractivity contribution in [1.82, 2.24) is 5.32 Å². The van der Waals surface area contributed by atoms with Crippen molar-refractivity contribution in [1.29, 1.82) is 0 Å². The van der Waals surface area contributed by atoms with E-state index in [1.165, 1.54) is 135 Å². The predicted octanol–water partition coefficient (Wildman–Crippen LogP) is 20.2. The summed E-state index contributed by atoms with van der Waals surface area (Å²) in [5, 5.41) is 3.05. The fraction of sp³-hybridized carbons (Fsp3) is 0.765. The number of carbonyl (C=O) groups is 2. The molecule has 2 N–H and O–H groups in total. The Kier molecular flexibility index (Phi) is 55.4. The lowest BCUT2D eigenvalue weighted by molar-refractivity contribution is -0.870. The maximum Gasteiger partial charge on any atom is 0.472 e. The number of rotatable bonds is 58. The molecule has 0 aliphatic rings. The molecular formula is C68H124N2O7P+. The Hall–Kier alpha value is -2.81. The van der Waals surface area contributed by atoms with Crippen molar-refractivity contribution < 1.29 is 37.3 Å². The van der Waals surface area contributed by atoms with Crippen molar-refractivity contribution in [2.45, 2.75) is 296 Å². The van der Waals surface area contributed by atoms with Crippen LogP contribution in [-0.4, -0.2) is 74.3 Å². The summed E-state index contributed by atoms with van der Waals surface area (Å²) >= 11 is 0. The highest BCUT2D eigenvalue weighted by Gasteiger charge is 2.30. The summed E-state index contributed by atoms with van der Waals surface area (Å²) in [6.07, 6.45) is 75.8. The first-order chi connectivity index (χ1) is 37.9. The topological polar surface area (TPSA) is 111 Å². The van der Waals surface area contributed by atoms with Crippen LogP contribution in [0.25, 0.3) is 0 Å². The molecule has 0 aliphatic carbocycles. The zero-order valence-corrected chi connectivity index (χ0v) is 52.5. The summed E-state index contributed by atoms with van der Waals surface area (Å²) in [5.41, 5.74) is 0. The lowest BCUT2D eigenvalue weighted by atomic mass is 10.0. The second kappa shape index (κ2) is 57.4. The van der Waals surface area contributed by atoms with E-state index < -0.39 is 20.0 Å². The van der Waals surface area contributed by atoms with E-state index in [0.717, 1.165) is 116 Å². The molecule has 0 fully saturated rings. The smallest absolute Gasteiger partial charge is 0.456 e. The van der Waals surface area contributed by atoms with Gasteiger partial charge in [-0.05, 0) is 102 Å². The second-order valence-electron chi connectivity index (χ2n) is 22.9. The number of ether oxygens (including phenoxy) is 1. The number of unbranched alkanes of at least 4 members (excludes halogenated alkanes) is 30. The molecule has 3 atom stereocenters. The third-order valence-corrected chi connectivity index (χ3v) is 15.1. The van der Waals surface area contributed by atoms with Crippen molar-refractivity contribution >= 4 is 19.7 Å². The van der Waals surface area contributed by atoms with E-state index in [1.54, 1.807) is 0 Å². The van der Waals surface area contributed by atoms with E-state index in [0.29, 0.717) is 17.4 Å². The third-order valence-electron chi connectivity index (χ3n) is 14.1. The minimum atomic E-state index is -4.46. The van der Waals surface area contributed by atoms with Crippen LogP contribution in [0.4, 0.5) is 0 Å². The Morgan fingerprint density at radius 3 is 1.24 bits per heavy atom. The average Bonchev–Trinajstić information content (AvgIpc) is 3.40.